The van der Waals surface area contributed by atoms with Crippen molar-refractivity contribution in [3.05, 3.63) is 0 Å². The lowest BCUT2D eigenvalue weighted by atomic mass is 9.92. The first-order valence-electron chi connectivity index (χ1n) is 6.54. The van der Waals surface area contributed by atoms with Gasteiger partial charge in [-0.2, -0.15) is 0 Å². The fraction of sp³-hybridized carbons (Fsp3) is 1.00. The van der Waals surface area contributed by atoms with E-state index in [0.29, 0.717) is 13.0 Å². The van der Waals surface area contributed by atoms with Crippen LogP contribution in [0.25, 0.3) is 0 Å². The topological polar surface area (TPSA) is 69.9 Å². The van der Waals surface area contributed by atoms with E-state index in [9.17, 15) is 15.3 Å². The summed E-state index contributed by atoms with van der Waals surface area (Å²) in [4.78, 5) is 0. The van der Waals surface area contributed by atoms with Gasteiger partial charge in [0.05, 0.1) is 11.7 Å². The predicted octanol–water partition coefficient (Wildman–Crippen LogP) is 1.89. The average molecular weight is 278 g/mol. The maximum Gasteiger partial charge on any atom is 0.191 e. The van der Waals surface area contributed by atoms with Gasteiger partial charge in [-0.1, -0.05) is 20.8 Å². The van der Waals surface area contributed by atoms with Crippen molar-refractivity contribution in [1.82, 2.24) is 0 Å². The normalized spacial score (nSPS) is 20.3. The molecule has 0 saturated carbocycles. The number of aliphatic hydroxyl groups is 3. The Hall–Kier alpha value is 0.0569. The van der Waals surface area contributed by atoms with Crippen LogP contribution in [0.5, 0.6) is 0 Å². The molecule has 0 radical (unpaired) electrons. The Morgan fingerprint density at radius 3 is 1.89 bits per heavy atom. The Labute approximate surface area is 112 Å². The van der Waals surface area contributed by atoms with Crippen molar-refractivity contribution in [3.63, 3.8) is 0 Å². The SMILES string of the molecule is CC(O)C(O)C(C)(O)CCO[Si](C)(C)C(C)(C)C. The van der Waals surface area contributed by atoms with Crippen LogP contribution in [0.15, 0.2) is 0 Å². The third-order valence-electron chi connectivity index (χ3n) is 3.97. The summed E-state index contributed by atoms with van der Waals surface area (Å²) in [5.41, 5.74) is -1.32. The molecule has 0 fully saturated rings. The Morgan fingerprint density at radius 1 is 1.11 bits per heavy atom. The maximum absolute atomic E-state index is 10.1. The number of hydrogen-bond donors (Lipinski definition) is 3. The fourth-order valence-electron chi connectivity index (χ4n) is 1.40. The molecule has 0 aliphatic heterocycles. The van der Waals surface area contributed by atoms with Crippen LogP contribution in [-0.2, 0) is 4.43 Å². The van der Waals surface area contributed by atoms with Gasteiger partial charge < -0.3 is 19.7 Å². The third kappa shape index (κ3) is 4.97. The van der Waals surface area contributed by atoms with E-state index in [2.05, 4.69) is 33.9 Å². The lowest BCUT2D eigenvalue weighted by Crippen LogP contribution is -2.48. The summed E-state index contributed by atoms with van der Waals surface area (Å²) in [5, 5.41) is 29.2. The van der Waals surface area contributed by atoms with E-state index in [0.717, 1.165) is 0 Å². The largest absolute Gasteiger partial charge is 0.417 e. The Kier molecular flexibility index (Phi) is 6.03. The van der Waals surface area contributed by atoms with Crippen molar-refractivity contribution in [3.8, 4) is 0 Å². The molecule has 0 bridgehead atoms. The second-order valence-corrected chi connectivity index (χ2v) is 11.7. The summed E-state index contributed by atoms with van der Waals surface area (Å²) in [6.07, 6.45) is -1.79. The smallest absolute Gasteiger partial charge is 0.191 e. The van der Waals surface area contributed by atoms with Crippen LogP contribution in [0.2, 0.25) is 18.1 Å². The van der Waals surface area contributed by atoms with Gasteiger partial charge in [0.25, 0.3) is 0 Å². The van der Waals surface area contributed by atoms with Crippen molar-refractivity contribution in [1.29, 1.82) is 0 Å². The second-order valence-electron chi connectivity index (χ2n) is 6.90. The van der Waals surface area contributed by atoms with E-state index in [-0.39, 0.29) is 5.04 Å². The van der Waals surface area contributed by atoms with Crippen molar-refractivity contribution in [2.75, 3.05) is 6.61 Å². The van der Waals surface area contributed by atoms with Gasteiger partial charge in [0, 0.05) is 13.0 Å². The van der Waals surface area contributed by atoms with E-state index in [1.807, 2.05) is 0 Å². The molecule has 0 aliphatic carbocycles. The fourth-order valence-corrected chi connectivity index (χ4v) is 2.44. The molecular weight excluding hydrogens is 248 g/mol. The number of hydrogen-bond acceptors (Lipinski definition) is 4. The molecule has 3 N–H and O–H groups in total. The van der Waals surface area contributed by atoms with Crippen LogP contribution in [0.1, 0.15) is 41.0 Å². The van der Waals surface area contributed by atoms with Gasteiger partial charge in [-0.25, -0.2) is 0 Å². The summed E-state index contributed by atoms with van der Waals surface area (Å²) < 4.78 is 5.95. The number of rotatable bonds is 6. The maximum atomic E-state index is 10.1. The monoisotopic (exact) mass is 278 g/mol. The highest BCUT2D eigenvalue weighted by molar-refractivity contribution is 6.74. The van der Waals surface area contributed by atoms with Crippen LogP contribution in [0.3, 0.4) is 0 Å². The van der Waals surface area contributed by atoms with Crippen molar-refractivity contribution < 1.29 is 19.7 Å². The molecule has 0 aliphatic rings. The van der Waals surface area contributed by atoms with Gasteiger partial charge in [-0.05, 0) is 32.0 Å². The lowest BCUT2D eigenvalue weighted by molar-refractivity contribution is -0.118. The van der Waals surface area contributed by atoms with Gasteiger partial charge in [0.15, 0.2) is 8.32 Å². The molecule has 18 heavy (non-hydrogen) atoms. The van der Waals surface area contributed by atoms with E-state index >= 15 is 0 Å². The molecule has 3 atom stereocenters. The van der Waals surface area contributed by atoms with Crippen LogP contribution in [0, 0.1) is 0 Å². The first kappa shape index (κ1) is 18.1. The van der Waals surface area contributed by atoms with Crippen molar-refractivity contribution in [2.24, 2.45) is 0 Å². The Morgan fingerprint density at radius 2 is 1.56 bits per heavy atom. The summed E-state index contributed by atoms with van der Waals surface area (Å²) >= 11 is 0. The minimum absolute atomic E-state index is 0.127. The van der Waals surface area contributed by atoms with Crippen LogP contribution in [0.4, 0.5) is 0 Å². The first-order valence-corrected chi connectivity index (χ1v) is 9.44. The average Bonchev–Trinajstić information content (AvgIpc) is 2.13. The molecule has 0 amide bonds. The zero-order valence-electron chi connectivity index (χ0n) is 12.8. The molecule has 0 heterocycles. The zero-order valence-corrected chi connectivity index (χ0v) is 13.8. The molecule has 0 aromatic carbocycles. The highest BCUT2D eigenvalue weighted by Crippen LogP contribution is 2.36. The Bertz CT molecular complexity index is 256. The molecule has 0 spiro atoms. The van der Waals surface area contributed by atoms with E-state index in [1.165, 1.54) is 13.8 Å². The molecule has 5 heteroatoms. The summed E-state index contributed by atoms with van der Waals surface area (Å²) in [6, 6.07) is 0. The summed E-state index contributed by atoms with van der Waals surface area (Å²) in [6.45, 7) is 14.1. The lowest BCUT2D eigenvalue weighted by Gasteiger charge is -2.38. The Balaban J connectivity index is 4.36. The minimum atomic E-state index is -1.82. The zero-order chi connectivity index (χ0) is 14.8. The van der Waals surface area contributed by atoms with E-state index < -0.39 is 26.1 Å². The predicted molar refractivity (Wildman–Crippen MR) is 76.1 cm³/mol. The van der Waals surface area contributed by atoms with Gasteiger partial charge in [-0.3, -0.25) is 0 Å². The molecule has 0 aromatic heterocycles. The van der Waals surface area contributed by atoms with Gasteiger partial charge >= 0.3 is 0 Å². The highest BCUT2D eigenvalue weighted by Gasteiger charge is 2.39. The van der Waals surface area contributed by atoms with Crippen LogP contribution >= 0.6 is 0 Å². The molecular formula is C13H30O4Si. The second kappa shape index (κ2) is 6.01. The van der Waals surface area contributed by atoms with E-state index in [1.54, 1.807) is 0 Å². The molecule has 0 saturated heterocycles. The number of aliphatic hydroxyl groups excluding tert-OH is 2. The molecule has 0 rings (SSSR count). The summed E-state index contributed by atoms with van der Waals surface area (Å²) in [7, 11) is -1.82. The van der Waals surface area contributed by atoms with Crippen molar-refractivity contribution >= 4 is 8.32 Å². The quantitative estimate of drug-likeness (QED) is 0.649. The molecule has 3 unspecified atom stereocenters. The van der Waals surface area contributed by atoms with Gasteiger partial charge in [0.2, 0.25) is 0 Å². The van der Waals surface area contributed by atoms with Crippen molar-refractivity contribution in [2.45, 2.75) is 77.0 Å². The highest BCUT2D eigenvalue weighted by atomic mass is 28.4. The van der Waals surface area contributed by atoms with Crippen LogP contribution in [-0.4, -0.2) is 48.1 Å². The minimum Gasteiger partial charge on any atom is -0.417 e. The standard InChI is InChI=1S/C13H30O4Si/c1-10(14)11(15)13(5,16)8-9-17-18(6,7)12(2,3)4/h10-11,14-16H,8-9H2,1-7H3. The first-order chi connectivity index (χ1) is 7.81. The van der Waals surface area contributed by atoms with E-state index in [4.69, 9.17) is 4.43 Å². The molecule has 0 aromatic rings. The molecule has 4 nitrogen and oxygen atoms in total. The summed E-state index contributed by atoms with van der Waals surface area (Å²) in [5.74, 6) is 0. The van der Waals surface area contributed by atoms with Gasteiger partial charge in [0.1, 0.15) is 6.10 Å². The third-order valence-corrected chi connectivity index (χ3v) is 8.51. The van der Waals surface area contributed by atoms with Gasteiger partial charge in [-0.15, -0.1) is 0 Å². The molecule has 110 valence electrons. The van der Waals surface area contributed by atoms with Crippen LogP contribution < -0.4 is 0 Å².